The molecule has 0 aliphatic rings. The first kappa shape index (κ1) is 5.78. The van der Waals surface area contributed by atoms with E-state index < -0.39 is 11.1 Å². The molecule has 1 atom stereocenters. The molecule has 0 aromatic rings. The quantitative estimate of drug-likeness (QED) is 0.338. The summed E-state index contributed by atoms with van der Waals surface area (Å²) in [5.74, 6) is -0.389. The van der Waals surface area contributed by atoms with Gasteiger partial charge in [-0.15, -0.1) is 0 Å². The standard InChI is InChI=1S/C2H4O3S/c3-1-2-6(4)5/h1H,2H2,(H,4,5)/p-1. The van der Waals surface area contributed by atoms with Gasteiger partial charge in [-0.2, -0.15) is 0 Å². The van der Waals surface area contributed by atoms with Crippen molar-refractivity contribution in [1.82, 2.24) is 0 Å². The first-order valence-corrected chi connectivity index (χ1v) is 2.51. The topological polar surface area (TPSA) is 57.2 Å². The fourth-order valence-electron chi connectivity index (χ4n) is 0.0556. The summed E-state index contributed by atoms with van der Waals surface area (Å²) >= 11 is -2.18. The maximum Gasteiger partial charge on any atom is 0.131 e. The lowest BCUT2D eigenvalue weighted by molar-refractivity contribution is -0.105. The predicted molar refractivity (Wildman–Crippen MR) is 19.9 cm³/mol. The Labute approximate surface area is 37.6 Å². The summed E-state index contributed by atoms with van der Waals surface area (Å²) in [6, 6.07) is 0. The monoisotopic (exact) mass is 107 g/mol. The minimum absolute atomic E-state index is 0.336. The van der Waals surface area contributed by atoms with E-state index in [1.165, 1.54) is 0 Å². The molecule has 4 heteroatoms. The van der Waals surface area contributed by atoms with E-state index in [1.807, 2.05) is 0 Å². The van der Waals surface area contributed by atoms with Crippen LogP contribution in [-0.4, -0.2) is 20.8 Å². The van der Waals surface area contributed by atoms with E-state index in [0.29, 0.717) is 6.29 Å². The van der Waals surface area contributed by atoms with E-state index in [-0.39, 0.29) is 5.75 Å². The largest absolute Gasteiger partial charge is 0.772 e. The lowest BCUT2D eigenvalue weighted by atomic mass is 10.9. The molecule has 0 rings (SSSR count). The summed E-state index contributed by atoms with van der Waals surface area (Å²) in [6.07, 6.45) is 0.336. The van der Waals surface area contributed by atoms with Crippen molar-refractivity contribution in [2.24, 2.45) is 0 Å². The molecule has 3 nitrogen and oxygen atoms in total. The Kier molecular flexibility index (Phi) is 2.88. The van der Waals surface area contributed by atoms with Gasteiger partial charge in [-0.3, -0.25) is 4.21 Å². The minimum Gasteiger partial charge on any atom is -0.772 e. The summed E-state index contributed by atoms with van der Waals surface area (Å²) < 4.78 is 18.7. The van der Waals surface area contributed by atoms with Crippen LogP contribution in [0.1, 0.15) is 0 Å². The molecule has 0 bridgehead atoms. The third kappa shape index (κ3) is 3.78. The van der Waals surface area contributed by atoms with Crippen molar-refractivity contribution in [3.63, 3.8) is 0 Å². The maximum absolute atomic E-state index is 9.37. The number of carbonyl (C=O) groups is 1. The number of aldehydes is 1. The number of hydrogen-bond donors (Lipinski definition) is 0. The van der Waals surface area contributed by atoms with Gasteiger partial charge in [0.1, 0.15) is 6.29 Å². The molecule has 0 N–H and O–H groups in total. The van der Waals surface area contributed by atoms with Crippen LogP contribution in [0.5, 0.6) is 0 Å². The van der Waals surface area contributed by atoms with Crippen LogP contribution in [0.3, 0.4) is 0 Å². The van der Waals surface area contributed by atoms with Gasteiger partial charge >= 0.3 is 0 Å². The van der Waals surface area contributed by atoms with Crippen LogP contribution in [-0.2, 0) is 15.9 Å². The van der Waals surface area contributed by atoms with Gasteiger partial charge in [0, 0.05) is 0 Å². The molecule has 0 amide bonds. The van der Waals surface area contributed by atoms with Crippen molar-refractivity contribution < 1.29 is 13.6 Å². The zero-order valence-electron chi connectivity index (χ0n) is 2.92. The number of hydrogen-bond acceptors (Lipinski definition) is 3. The highest BCUT2D eigenvalue weighted by Gasteiger charge is 1.72. The molecular weight excluding hydrogens is 104 g/mol. The van der Waals surface area contributed by atoms with Crippen molar-refractivity contribution >= 4 is 17.4 Å². The van der Waals surface area contributed by atoms with Crippen LogP contribution >= 0.6 is 0 Å². The van der Waals surface area contributed by atoms with Gasteiger partial charge in [0.25, 0.3) is 0 Å². The van der Waals surface area contributed by atoms with Crippen molar-refractivity contribution in [1.29, 1.82) is 0 Å². The Morgan fingerprint density at radius 2 is 2.33 bits per heavy atom. The number of carbonyl (C=O) groups excluding carboxylic acids is 1. The molecule has 0 heterocycles. The van der Waals surface area contributed by atoms with E-state index in [1.54, 1.807) is 0 Å². The first-order chi connectivity index (χ1) is 2.77. The van der Waals surface area contributed by atoms with Gasteiger partial charge in [-0.1, -0.05) is 0 Å². The molecule has 0 fully saturated rings. The predicted octanol–water partition coefficient (Wildman–Crippen LogP) is -0.936. The van der Waals surface area contributed by atoms with Crippen molar-refractivity contribution in [3.8, 4) is 0 Å². The molecule has 0 spiro atoms. The SMILES string of the molecule is O=CCS(=O)[O-]. The molecule has 0 aliphatic carbocycles. The van der Waals surface area contributed by atoms with Crippen LogP contribution in [0.25, 0.3) is 0 Å². The molecule has 0 aliphatic heterocycles. The van der Waals surface area contributed by atoms with Gasteiger partial charge in [-0.05, 0) is 11.1 Å². The summed E-state index contributed by atoms with van der Waals surface area (Å²) in [5.41, 5.74) is 0. The maximum atomic E-state index is 9.37. The Morgan fingerprint density at radius 1 is 1.83 bits per heavy atom. The van der Waals surface area contributed by atoms with Crippen molar-refractivity contribution in [2.45, 2.75) is 0 Å². The molecule has 36 valence electrons. The Hall–Kier alpha value is -0.220. The van der Waals surface area contributed by atoms with E-state index in [9.17, 15) is 13.6 Å². The van der Waals surface area contributed by atoms with Gasteiger partial charge in [0.2, 0.25) is 0 Å². The Bertz CT molecular complexity index is 69.2. The summed E-state index contributed by atoms with van der Waals surface area (Å²) in [4.78, 5) is 9.22. The van der Waals surface area contributed by atoms with Crippen LogP contribution in [0.4, 0.5) is 0 Å². The van der Waals surface area contributed by atoms with Gasteiger partial charge < -0.3 is 9.35 Å². The highest BCUT2D eigenvalue weighted by atomic mass is 32.2. The average Bonchev–Trinajstić information content (AvgIpc) is 1.35. The normalized spacial score (nSPS) is 13.5. The van der Waals surface area contributed by atoms with Crippen LogP contribution in [0.15, 0.2) is 0 Å². The minimum atomic E-state index is -2.18. The highest BCUT2D eigenvalue weighted by molar-refractivity contribution is 7.79. The highest BCUT2D eigenvalue weighted by Crippen LogP contribution is 1.61. The zero-order valence-corrected chi connectivity index (χ0v) is 3.73. The third-order valence-electron chi connectivity index (χ3n) is 0.204. The van der Waals surface area contributed by atoms with E-state index in [2.05, 4.69) is 0 Å². The van der Waals surface area contributed by atoms with E-state index in [4.69, 9.17) is 0 Å². The molecule has 6 heavy (non-hydrogen) atoms. The number of rotatable bonds is 2. The first-order valence-electron chi connectivity index (χ1n) is 1.27. The smallest absolute Gasteiger partial charge is 0.131 e. The molecule has 0 aromatic carbocycles. The zero-order chi connectivity index (χ0) is 4.99. The second kappa shape index (κ2) is 2.99. The second-order valence-corrected chi connectivity index (χ2v) is 1.58. The molecule has 0 saturated carbocycles. The summed E-state index contributed by atoms with van der Waals surface area (Å²) in [6.45, 7) is 0. The van der Waals surface area contributed by atoms with E-state index >= 15 is 0 Å². The van der Waals surface area contributed by atoms with Crippen LogP contribution < -0.4 is 0 Å². The molecule has 0 aromatic heterocycles. The molecule has 1 unspecified atom stereocenters. The second-order valence-electron chi connectivity index (χ2n) is 0.637. The fourth-order valence-corrected chi connectivity index (χ4v) is 0.167. The van der Waals surface area contributed by atoms with Crippen molar-refractivity contribution in [3.05, 3.63) is 0 Å². The van der Waals surface area contributed by atoms with Gasteiger partial charge in [-0.25, -0.2) is 0 Å². The Morgan fingerprint density at radius 3 is 2.33 bits per heavy atom. The third-order valence-corrected chi connectivity index (χ3v) is 0.612. The Balaban J connectivity index is 3.05. The molecule has 0 saturated heterocycles. The summed E-state index contributed by atoms with van der Waals surface area (Å²) in [5, 5.41) is 0. The van der Waals surface area contributed by atoms with Gasteiger partial charge in [0.15, 0.2) is 0 Å². The lowest BCUT2D eigenvalue weighted by Crippen LogP contribution is -1.93. The van der Waals surface area contributed by atoms with Crippen LogP contribution in [0.2, 0.25) is 0 Å². The summed E-state index contributed by atoms with van der Waals surface area (Å²) in [7, 11) is 0. The van der Waals surface area contributed by atoms with Gasteiger partial charge in [0.05, 0.1) is 5.75 Å². The average molecular weight is 107 g/mol. The van der Waals surface area contributed by atoms with Crippen LogP contribution in [0, 0.1) is 0 Å². The van der Waals surface area contributed by atoms with E-state index in [0.717, 1.165) is 0 Å². The van der Waals surface area contributed by atoms with Crippen molar-refractivity contribution in [2.75, 3.05) is 5.75 Å². The lowest BCUT2D eigenvalue weighted by Gasteiger charge is -1.92. The molecular formula is C2H3O3S-. The fraction of sp³-hybridized carbons (Fsp3) is 0.500. The molecule has 0 radical (unpaired) electrons.